The molecule has 0 spiro atoms. The van der Waals surface area contributed by atoms with Gasteiger partial charge in [-0.1, -0.05) is 48.5 Å². The van der Waals surface area contributed by atoms with Gasteiger partial charge in [-0.25, -0.2) is 4.79 Å². The number of amides is 1. The fraction of sp³-hybridized carbons (Fsp3) is 0.409. The average Bonchev–Trinajstić information content (AvgIpc) is 2.96. The molecule has 2 aromatic carbocycles. The van der Waals surface area contributed by atoms with E-state index in [4.69, 9.17) is 4.74 Å². The second-order valence-corrected chi connectivity index (χ2v) is 7.43. The van der Waals surface area contributed by atoms with E-state index in [1.54, 1.807) is 0 Å². The summed E-state index contributed by atoms with van der Waals surface area (Å²) < 4.78 is 5.50. The van der Waals surface area contributed by atoms with Gasteiger partial charge in [-0.15, -0.1) is 0 Å². The molecule has 2 aliphatic carbocycles. The van der Waals surface area contributed by atoms with Crippen molar-refractivity contribution < 1.29 is 14.6 Å². The summed E-state index contributed by atoms with van der Waals surface area (Å²) >= 11 is 0. The lowest BCUT2D eigenvalue weighted by atomic mass is 9.77. The van der Waals surface area contributed by atoms with Crippen LogP contribution in [0.3, 0.4) is 0 Å². The molecule has 4 rings (SSSR count). The molecule has 2 aromatic rings. The Morgan fingerprint density at radius 2 is 1.69 bits per heavy atom. The maximum atomic E-state index is 12.0. The van der Waals surface area contributed by atoms with Crippen molar-refractivity contribution in [1.82, 2.24) is 5.32 Å². The monoisotopic (exact) mass is 351 g/mol. The highest BCUT2D eigenvalue weighted by Gasteiger charge is 2.33. The first-order valence-electron chi connectivity index (χ1n) is 9.48. The van der Waals surface area contributed by atoms with Crippen LogP contribution in [-0.2, 0) is 4.74 Å². The number of carbonyl (C=O) groups is 1. The summed E-state index contributed by atoms with van der Waals surface area (Å²) in [5.41, 5.74) is 4.40. The van der Waals surface area contributed by atoms with E-state index in [1.807, 2.05) is 24.3 Å². The molecule has 0 bridgehead atoms. The third-order valence-electron chi connectivity index (χ3n) is 5.72. The fourth-order valence-corrected chi connectivity index (χ4v) is 4.09. The van der Waals surface area contributed by atoms with Crippen LogP contribution in [0.2, 0.25) is 0 Å². The SMILES string of the molecule is O=C(NCCCC1(O)CCC1)OCC1c2ccccc2-c2ccccc21. The smallest absolute Gasteiger partial charge is 0.407 e. The quantitative estimate of drug-likeness (QED) is 0.766. The Hall–Kier alpha value is -2.33. The normalized spacial score (nSPS) is 17.1. The van der Waals surface area contributed by atoms with Crippen molar-refractivity contribution >= 4 is 6.09 Å². The molecule has 1 fully saturated rings. The van der Waals surface area contributed by atoms with Gasteiger partial charge >= 0.3 is 6.09 Å². The molecule has 26 heavy (non-hydrogen) atoms. The van der Waals surface area contributed by atoms with Gasteiger partial charge in [-0.05, 0) is 54.4 Å². The van der Waals surface area contributed by atoms with Crippen molar-refractivity contribution in [1.29, 1.82) is 0 Å². The molecule has 2 aliphatic rings. The lowest BCUT2D eigenvalue weighted by Crippen LogP contribution is -2.37. The molecule has 0 saturated heterocycles. The first-order valence-corrected chi connectivity index (χ1v) is 9.48. The van der Waals surface area contributed by atoms with Gasteiger partial charge in [0.05, 0.1) is 5.60 Å². The van der Waals surface area contributed by atoms with E-state index >= 15 is 0 Å². The van der Waals surface area contributed by atoms with Crippen LogP contribution in [0, 0.1) is 0 Å². The van der Waals surface area contributed by atoms with Crippen molar-refractivity contribution in [2.24, 2.45) is 0 Å². The van der Waals surface area contributed by atoms with Gasteiger partial charge in [0.1, 0.15) is 6.61 Å². The van der Waals surface area contributed by atoms with Crippen LogP contribution in [-0.4, -0.2) is 30.0 Å². The number of aliphatic hydroxyl groups is 1. The lowest BCUT2D eigenvalue weighted by Gasteiger charge is -2.36. The number of alkyl carbamates (subject to hydrolysis) is 1. The highest BCUT2D eigenvalue weighted by atomic mass is 16.5. The summed E-state index contributed by atoms with van der Waals surface area (Å²) in [7, 11) is 0. The molecule has 0 radical (unpaired) electrons. The molecule has 1 amide bonds. The minimum absolute atomic E-state index is 0.0869. The number of carbonyl (C=O) groups excluding carboxylic acids is 1. The van der Waals surface area contributed by atoms with Crippen LogP contribution < -0.4 is 5.32 Å². The van der Waals surface area contributed by atoms with Crippen LogP contribution >= 0.6 is 0 Å². The number of benzene rings is 2. The van der Waals surface area contributed by atoms with Crippen molar-refractivity contribution in [2.45, 2.75) is 43.6 Å². The van der Waals surface area contributed by atoms with Gasteiger partial charge in [0, 0.05) is 12.5 Å². The maximum absolute atomic E-state index is 12.0. The van der Waals surface area contributed by atoms with Gasteiger partial charge < -0.3 is 15.2 Å². The highest BCUT2D eigenvalue weighted by molar-refractivity contribution is 5.79. The second kappa shape index (κ2) is 7.12. The van der Waals surface area contributed by atoms with Crippen molar-refractivity contribution in [3.8, 4) is 11.1 Å². The van der Waals surface area contributed by atoms with Crippen molar-refractivity contribution in [3.05, 3.63) is 59.7 Å². The molecule has 0 aliphatic heterocycles. The maximum Gasteiger partial charge on any atom is 0.407 e. The predicted molar refractivity (Wildman–Crippen MR) is 101 cm³/mol. The van der Waals surface area contributed by atoms with E-state index in [1.165, 1.54) is 22.3 Å². The molecule has 0 aromatic heterocycles. The Bertz CT molecular complexity index is 752. The number of nitrogens with one attached hydrogen (secondary N) is 1. The minimum Gasteiger partial charge on any atom is -0.449 e. The molecule has 136 valence electrons. The summed E-state index contributed by atoms with van der Waals surface area (Å²) in [6, 6.07) is 16.6. The van der Waals surface area contributed by atoms with Crippen LogP contribution in [0.15, 0.2) is 48.5 Å². The molecule has 1 saturated carbocycles. The topological polar surface area (TPSA) is 58.6 Å². The van der Waals surface area contributed by atoms with E-state index in [2.05, 4.69) is 29.6 Å². The third kappa shape index (κ3) is 3.34. The predicted octanol–water partition coefficient (Wildman–Crippen LogP) is 4.22. The van der Waals surface area contributed by atoms with Crippen LogP contribution in [0.25, 0.3) is 11.1 Å². The highest BCUT2D eigenvalue weighted by Crippen LogP contribution is 2.44. The van der Waals surface area contributed by atoms with Gasteiger partial charge in [0.25, 0.3) is 0 Å². The molecular weight excluding hydrogens is 326 g/mol. The number of fused-ring (bicyclic) bond motifs is 3. The molecule has 2 N–H and O–H groups in total. The standard InChI is InChI=1S/C22H25NO3/c24-21(23-14-6-13-22(25)11-5-12-22)26-15-20-18-9-3-1-7-16(18)17-8-2-4-10-19(17)20/h1-4,7-10,20,25H,5-6,11-15H2,(H,23,24). The number of hydrogen-bond donors (Lipinski definition) is 2. The summed E-state index contributed by atoms with van der Waals surface area (Å²) in [5.74, 6) is 0.0869. The first kappa shape index (κ1) is 17.1. The van der Waals surface area contributed by atoms with Crippen molar-refractivity contribution in [3.63, 3.8) is 0 Å². The zero-order chi connectivity index (χ0) is 18.0. The molecule has 0 unspecified atom stereocenters. The van der Waals surface area contributed by atoms with Gasteiger partial charge in [-0.2, -0.15) is 0 Å². The van der Waals surface area contributed by atoms with E-state index in [0.29, 0.717) is 13.2 Å². The van der Waals surface area contributed by atoms with E-state index in [-0.39, 0.29) is 12.0 Å². The summed E-state index contributed by atoms with van der Waals surface area (Å²) in [4.78, 5) is 12.0. The summed E-state index contributed by atoms with van der Waals surface area (Å²) in [6.45, 7) is 0.878. The van der Waals surface area contributed by atoms with E-state index in [9.17, 15) is 9.90 Å². The number of hydrogen-bond acceptors (Lipinski definition) is 3. The molecule has 4 nitrogen and oxygen atoms in total. The summed E-state index contributed by atoms with van der Waals surface area (Å²) in [5, 5.41) is 12.9. The Labute approximate surface area is 154 Å². The molecule has 0 heterocycles. The van der Waals surface area contributed by atoms with Gasteiger partial charge in [0.15, 0.2) is 0 Å². The van der Waals surface area contributed by atoms with Crippen molar-refractivity contribution in [2.75, 3.05) is 13.2 Å². The van der Waals surface area contributed by atoms with E-state index in [0.717, 1.165) is 32.1 Å². The number of rotatable bonds is 6. The zero-order valence-corrected chi connectivity index (χ0v) is 14.9. The van der Waals surface area contributed by atoms with Crippen LogP contribution in [0.4, 0.5) is 4.79 Å². The van der Waals surface area contributed by atoms with E-state index < -0.39 is 5.60 Å². The van der Waals surface area contributed by atoms with Gasteiger partial charge in [0.2, 0.25) is 0 Å². The first-order chi connectivity index (χ1) is 12.7. The Morgan fingerprint density at radius 1 is 1.08 bits per heavy atom. The fourth-order valence-electron chi connectivity index (χ4n) is 4.09. The lowest BCUT2D eigenvalue weighted by molar-refractivity contribution is -0.0414. The van der Waals surface area contributed by atoms with Crippen LogP contribution in [0.5, 0.6) is 0 Å². The average molecular weight is 351 g/mol. The Balaban J connectivity index is 1.31. The molecular formula is C22H25NO3. The zero-order valence-electron chi connectivity index (χ0n) is 14.9. The number of ether oxygens (including phenoxy) is 1. The summed E-state index contributed by atoms with van der Waals surface area (Å²) in [6.07, 6.45) is 4.02. The largest absolute Gasteiger partial charge is 0.449 e. The molecule has 4 heteroatoms. The van der Waals surface area contributed by atoms with Gasteiger partial charge in [-0.3, -0.25) is 0 Å². The van der Waals surface area contributed by atoms with Crippen LogP contribution in [0.1, 0.15) is 49.1 Å². The molecule has 0 atom stereocenters. The Kier molecular flexibility index (Phi) is 4.68. The minimum atomic E-state index is -0.483. The second-order valence-electron chi connectivity index (χ2n) is 7.43. The third-order valence-corrected chi connectivity index (χ3v) is 5.72. The Morgan fingerprint density at radius 3 is 2.27 bits per heavy atom.